The lowest BCUT2D eigenvalue weighted by Crippen LogP contribution is -2.52. The second kappa shape index (κ2) is 9.64. The molecule has 4 nitrogen and oxygen atoms in total. The second-order valence-electron chi connectivity index (χ2n) is 10.9. The van der Waals surface area contributed by atoms with Crippen molar-refractivity contribution in [2.75, 3.05) is 0 Å². The highest BCUT2D eigenvalue weighted by atomic mass is 19.4. The van der Waals surface area contributed by atoms with Gasteiger partial charge in [0.2, 0.25) is 0 Å². The summed E-state index contributed by atoms with van der Waals surface area (Å²) in [4.78, 5) is 13.9. The van der Waals surface area contributed by atoms with Crippen LogP contribution in [0.15, 0.2) is 30.3 Å². The van der Waals surface area contributed by atoms with Crippen molar-refractivity contribution >= 4 is 16.7 Å². The third kappa shape index (κ3) is 5.02. The molecule has 1 N–H and O–H groups in total. The van der Waals surface area contributed by atoms with Gasteiger partial charge >= 0.3 is 12.1 Å². The van der Waals surface area contributed by atoms with E-state index in [1.807, 2.05) is 6.07 Å². The van der Waals surface area contributed by atoms with Crippen LogP contribution in [0, 0.1) is 11.8 Å². The Hall–Kier alpha value is -2.28. The lowest BCUT2D eigenvalue weighted by Gasteiger charge is -2.48. The van der Waals surface area contributed by atoms with Crippen LogP contribution in [0.4, 0.5) is 13.2 Å². The Balaban J connectivity index is 1.51. The van der Waals surface area contributed by atoms with Crippen molar-refractivity contribution in [2.24, 2.45) is 11.8 Å². The van der Waals surface area contributed by atoms with Crippen LogP contribution in [0.1, 0.15) is 75.8 Å². The molecule has 3 fully saturated rings. The number of benzene rings is 2. The Morgan fingerprint density at radius 1 is 1.03 bits per heavy atom. The topological polar surface area (TPSA) is 49.8 Å². The van der Waals surface area contributed by atoms with Crippen molar-refractivity contribution in [3.63, 3.8) is 0 Å². The van der Waals surface area contributed by atoms with Gasteiger partial charge in [-0.15, -0.1) is 0 Å². The van der Waals surface area contributed by atoms with E-state index in [-0.39, 0.29) is 35.2 Å². The number of piperidine rings is 2. The molecule has 7 heteroatoms. The molecule has 0 aromatic heterocycles. The summed E-state index contributed by atoms with van der Waals surface area (Å²) >= 11 is 0. The lowest BCUT2D eigenvalue weighted by atomic mass is 9.78. The largest absolute Gasteiger partial charge is 0.490 e. The van der Waals surface area contributed by atoms with Crippen molar-refractivity contribution in [1.82, 2.24) is 4.90 Å². The normalized spacial score (nSPS) is 29.8. The zero-order chi connectivity index (χ0) is 24.7. The Morgan fingerprint density at radius 2 is 1.71 bits per heavy atom. The first-order valence-corrected chi connectivity index (χ1v) is 13.0. The van der Waals surface area contributed by atoms with Crippen LogP contribution in [0.2, 0.25) is 0 Å². The number of alkyl halides is 3. The van der Waals surface area contributed by atoms with Gasteiger partial charge in [0.05, 0.1) is 12.0 Å². The number of fused-ring (bicyclic) bond motifs is 3. The summed E-state index contributed by atoms with van der Waals surface area (Å²) < 4.78 is 49.7. The maximum Gasteiger partial charge on any atom is 0.420 e. The van der Waals surface area contributed by atoms with Crippen molar-refractivity contribution in [3.05, 3.63) is 41.5 Å². The van der Waals surface area contributed by atoms with Crippen molar-refractivity contribution < 1.29 is 27.8 Å². The minimum absolute atomic E-state index is 0.0678. The lowest BCUT2D eigenvalue weighted by molar-refractivity contribution is -0.146. The highest BCUT2D eigenvalue weighted by Crippen LogP contribution is 2.45. The van der Waals surface area contributed by atoms with Gasteiger partial charge in [-0.2, -0.15) is 13.2 Å². The van der Waals surface area contributed by atoms with E-state index < -0.39 is 17.7 Å². The molecule has 2 unspecified atom stereocenters. The highest BCUT2D eigenvalue weighted by molar-refractivity contribution is 5.91. The second-order valence-corrected chi connectivity index (χ2v) is 10.9. The fourth-order valence-electron chi connectivity index (χ4n) is 6.61. The molecule has 0 radical (unpaired) electrons. The van der Waals surface area contributed by atoms with Gasteiger partial charge < -0.3 is 9.84 Å². The number of hydrogen-bond acceptors (Lipinski definition) is 3. The van der Waals surface area contributed by atoms with Gasteiger partial charge in [-0.25, -0.2) is 0 Å². The molecule has 2 saturated heterocycles. The first kappa shape index (κ1) is 24.4. The summed E-state index contributed by atoms with van der Waals surface area (Å²) in [6.07, 6.45) is 2.73. The fraction of sp³-hybridized carbons (Fsp3) is 0.607. The molecule has 190 valence electrons. The van der Waals surface area contributed by atoms with Crippen LogP contribution in [0.3, 0.4) is 0 Å². The number of carbonyl (C=O) groups is 1. The molecule has 2 bridgehead atoms. The number of ether oxygens (including phenoxy) is 1. The van der Waals surface area contributed by atoms with E-state index in [0.717, 1.165) is 44.9 Å². The Bertz CT molecular complexity index is 1060. The van der Waals surface area contributed by atoms with Crippen LogP contribution in [-0.2, 0) is 17.5 Å². The molecular weight excluding hydrogens is 455 g/mol. The van der Waals surface area contributed by atoms with Gasteiger partial charge in [0.15, 0.2) is 0 Å². The molecule has 1 aliphatic carbocycles. The van der Waals surface area contributed by atoms with E-state index in [0.29, 0.717) is 36.3 Å². The van der Waals surface area contributed by atoms with E-state index in [9.17, 15) is 23.1 Å². The molecule has 2 atom stereocenters. The van der Waals surface area contributed by atoms with E-state index in [4.69, 9.17) is 4.74 Å². The average molecular weight is 490 g/mol. The molecule has 5 rings (SSSR count). The SMILES string of the molecule is C[C@H]1CC[C@@H](Oc2ccc3cccc(CN4C5CCCC4CC(C(=O)O)C5)c3c2C(F)(F)F)CC1. The number of hydrogen-bond donors (Lipinski definition) is 1. The van der Waals surface area contributed by atoms with Crippen molar-refractivity contribution in [2.45, 2.75) is 95.6 Å². The summed E-state index contributed by atoms with van der Waals surface area (Å²) in [5.74, 6) is -0.602. The Kier molecular flexibility index (Phi) is 6.73. The molecule has 2 aliphatic heterocycles. The number of carboxylic acids is 1. The fourth-order valence-corrected chi connectivity index (χ4v) is 6.61. The predicted molar refractivity (Wildman–Crippen MR) is 128 cm³/mol. The van der Waals surface area contributed by atoms with Gasteiger partial charge in [0, 0.05) is 24.0 Å². The minimum atomic E-state index is -4.54. The number of nitrogens with zero attached hydrogens (tertiary/aromatic N) is 1. The van der Waals surface area contributed by atoms with Crippen LogP contribution in [0.25, 0.3) is 10.8 Å². The molecular formula is C28H34F3NO3. The standard InChI is InChI=1S/C28H34F3NO3/c1-17-8-11-23(12-9-17)35-24-13-10-18-4-2-5-19(25(18)26(24)28(29,30)31)16-32-21-6-3-7-22(32)15-20(14-21)27(33)34/h2,4-5,10,13,17,20-23H,3,6-9,11-12,14-16H2,1H3,(H,33,34)/t17-,20?,21?,22?,23+. The third-order valence-electron chi connectivity index (χ3n) is 8.46. The maximum absolute atomic E-state index is 14.6. The Labute approximate surface area is 204 Å². The van der Waals surface area contributed by atoms with Gasteiger partial charge in [0.1, 0.15) is 11.3 Å². The zero-order valence-electron chi connectivity index (χ0n) is 20.2. The van der Waals surface area contributed by atoms with E-state index in [2.05, 4.69) is 11.8 Å². The average Bonchev–Trinajstić information content (AvgIpc) is 2.79. The summed E-state index contributed by atoms with van der Waals surface area (Å²) in [7, 11) is 0. The van der Waals surface area contributed by atoms with Crippen LogP contribution in [-0.4, -0.2) is 34.2 Å². The summed E-state index contributed by atoms with van der Waals surface area (Å²) in [5.41, 5.74) is -0.0296. The van der Waals surface area contributed by atoms with Crippen molar-refractivity contribution in [3.8, 4) is 5.75 Å². The summed E-state index contributed by atoms with van der Waals surface area (Å²) in [6, 6.07) is 8.77. The molecule has 0 spiro atoms. The van der Waals surface area contributed by atoms with E-state index in [1.54, 1.807) is 18.2 Å². The third-order valence-corrected chi connectivity index (χ3v) is 8.46. The smallest absolute Gasteiger partial charge is 0.420 e. The van der Waals surface area contributed by atoms with Crippen LogP contribution < -0.4 is 4.74 Å². The van der Waals surface area contributed by atoms with Gasteiger partial charge in [-0.05, 0) is 74.3 Å². The minimum Gasteiger partial charge on any atom is -0.490 e. The van der Waals surface area contributed by atoms with E-state index >= 15 is 0 Å². The molecule has 0 amide bonds. The molecule has 35 heavy (non-hydrogen) atoms. The molecule has 2 heterocycles. The van der Waals surface area contributed by atoms with Gasteiger partial charge in [-0.3, -0.25) is 9.69 Å². The molecule has 2 aromatic carbocycles. The first-order chi connectivity index (χ1) is 16.7. The molecule has 1 saturated carbocycles. The zero-order valence-corrected chi connectivity index (χ0v) is 20.2. The van der Waals surface area contributed by atoms with E-state index in [1.165, 1.54) is 6.07 Å². The summed E-state index contributed by atoms with van der Waals surface area (Å²) in [6.45, 7) is 2.57. The van der Waals surface area contributed by atoms with Crippen LogP contribution in [0.5, 0.6) is 5.75 Å². The van der Waals surface area contributed by atoms with Gasteiger partial charge in [0.25, 0.3) is 0 Å². The van der Waals surface area contributed by atoms with Crippen LogP contribution >= 0.6 is 0 Å². The molecule has 2 aromatic rings. The number of halogens is 3. The monoisotopic (exact) mass is 489 g/mol. The van der Waals surface area contributed by atoms with Crippen molar-refractivity contribution in [1.29, 1.82) is 0 Å². The van der Waals surface area contributed by atoms with Gasteiger partial charge in [-0.1, -0.05) is 37.6 Å². The number of rotatable bonds is 5. The highest BCUT2D eigenvalue weighted by Gasteiger charge is 2.42. The quantitative estimate of drug-likeness (QED) is 0.490. The summed E-state index contributed by atoms with van der Waals surface area (Å²) in [5, 5.41) is 10.3. The predicted octanol–water partition coefficient (Wildman–Crippen LogP) is 7.03. The maximum atomic E-state index is 14.6. The Morgan fingerprint density at radius 3 is 2.34 bits per heavy atom. The number of aliphatic carboxylic acids is 1. The first-order valence-electron chi connectivity index (χ1n) is 13.0. The number of carboxylic acid groups (broad SMARTS) is 1. The molecule has 3 aliphatic rings.